The van der Waals surface area contributed by atoms with E-state index in [2.05, 4.69) is 277 Å². The predicted molar refractivity (Wildman–Crippen MR) is 308 cm³/mol. The van der Waals surface area contributed by atoms with Gasteiger partial charge in [0.1, 0.15) is 0 Å². The van der Waals surface area contributed by atoms with Gasteiger partial charge in [-0.3, -0.25) is 0 Å². The molecule has 0 fully saturated rings. The molecule has 0 bridgehead atoms. The van der Waals surface area contributed by atoms with E-state index in [1.54, 1.807) is 0 Å². The zero-order chi connectivity index (χ0) is 49.6. The van der Waals surface area contributed by atoms with E-state index < -0.39 is 5.41 Å². The third-order valence-corrected chi connectivity index (χ3v) is 16.8. The van der Waals surface area contributed by atoms with E-state index in [1.165, 1.54) is 112 Å². The molecule has 3 aliphatic carbocycles. The molecule has 13 rings (SSSR count). The highest BCUT2D eigenvalue weighted by Crippen LogP contribution is 2.64. The van der Waals surface area contributed by atoms with Crippen LogP contribution in [-0.4, -0.2) is 0 Å². The minimum Gasteiger partial charge on any atom is -0.310 e. The van der Waals surface area contributed by atoms with Gasteiger partial charge >= 0.3 is 0 Å². The molecule has 3 aliphatic rings. The maximum absolute atomic E-state index is 2.52. The number of rotatable bonds is 10. The van der Waals surface area contributed by atoms with E-state index in [1.807, 2.05) is 0 Å². The van der Waals surface area contributed by atoms with Gasteiger partial charge in [-0.05, 0) is 178 Å². The summed E-state index contributed by atoms with van der Waals surface area (Å²) in [5.74, 6) is 1.79. The zero-order valence-electron chi connectivity index (χ0n) is 42.8. The van der Waals surface area contributed by atoms with E-state index in [9.17, 15) is 0 Å². The van der Waals surface area contributed by atoms with Crippen LogP contribution < -0.4 is 4.90 Å². The fourth-order valence-electron chi connectivity index (χ4n) is 13.3. The number of hydrogen-bond donors (Lipinski definition) is 0. The maximum atomic E-state index is 2.52. The third-order valence-electron chi connectivity index (χ3n) is 16.8. The highest BCUT2D eigenvalue weighted by atomic mass is 15.1. The summed E-state index contributed by atoms with van der Waals surface area (Å²) in [5, 5.41) is 0. The van der Waals surface area contributed by atoms with Gasteiger partial charge in [-0.2, -0.15) is 0 Å². The molecule has 10 aromatic carbocycles. The Kier molecular flexibility index (Phi) is 10.7. The standard InChI is InChI=1S/C72H61N/c1-46(2)42-63(47(3)4)52-26-24-50(25-27-52)54-32-39-61-58-18-11-14-22-67(58)72(69(61)44-54)68-23-15-12-19-59(68)62-40-38-57(45-70(62)72)73(55-34-28-49(29-35-55)48-16-8-7-9-17-48)56-36-30-51(31-37-56)53-33-41-66-64(43-53)60-20-10-13-21-65(60)71(66,5)6/h7-41,43-47,63H,42H2,1-6H3. The molecule has 1 spiro atoms. The summed E-state index contributed by atoms with van der Waals surface area (Å²) in [4.78, 5) is 2.46. The second-order valence-electron chi connectivity index (χ2n) is 22.2. The largest absolute Gasteiger partial charge is 0.310 e. The quantitative estimate of drug-likeness (QED) is 0.132. The predicted octanol–water partition coefficient (Wildman–Crippen LogP) is 19.6. The first kappa shape index (κ1) is 44.9. The lowest BCUT2D eigenvalue weighted by molar-refractivity contribution is 0.408. The molecule has 0 saturated heterocycles. The van der Waals surface area contributed by atoms with Gasteiger partial charge in [-0.25, -0.2) is 0 Å². The van der Waals surface area contributed by atoms with Crippen molar-refractivity contribution in [1.82, 2.24) is 0 Å². The summed E-state index contributed by atoms with van der Waals surface area (Å²) >= 11 is 0. The van der Waals surface area contributed by atoms with Gasteiger partial charge in [0.05, 0.1) is 5.41 Å². The normalized spacial score (nSPS) is 15.7. The SMILES string of the molecule is CC(C)CC(c1ccc(-c2ccc3c(c2)C2(c4ccccc4-3)c3ccccc3-c3ccc(N(c4ccc(-c5ccccc5)cc4)c4ccc(-c5ccc6c(c5)-c5ccccc5C6(C)C)cc4)cc32)cc1)C(C)C. The molecule has 0 saturated carbocycles. The Morgan fingerprint density at radius 2 is 0.740 bits per heavy atom. The van der Waals surface area contributed by atoms with Crippen LogP contribution in [0.4, 0.5) is 17.1 Å². The Morgan fingerprint density at radius 1 is 0.329 bits per heavy atom. The molecule has 354 valence electrons. The Morgan fingerprint density at radius 3 is 1.33 bits per heavy atom. The summed E-state index contributed by atoms with van der Waals surface area (Å²) in [6.45, 7) is 14.1. The number of benzene rings is 10. The molecule has 0 amide bonds. The molecule has 2 unspecified atom stereocenters. The molecule has 0 N–H and O–H groups in total. The van der Waals surface area contributed by atoms with Crippen molar-refractivity contribution < 1.29 is 0 Å². The zero-order valence-corrected chi connectivity index (χ0v) is 42.8. The van der Waals surface area contributed by atoms with Gasteiger partial charge in [0.15, 0.2) is 0 Å². The van der Waals surface area contributed by atoms with Gasteiger partial charge in [-0.1, -0.05) is 224 Å². The van der Waals surface area contributed by atoms with Crippen molar-refractivity contribution in [2.24, 2.45) is 11.8 Å². The smallest absolute Gasteiger partial charge is 0.0726 e. The molecular formula is C72H61N. The van der Waals surface area contributed by atoms with Gasteiger partial charge in [0, 0.05) is 22.5 Å². The summed E-state index contributed by atoms with van der Waals surface area (Å²) in [5.41, 5.74) is 27.6. The van der Waals surface area contributed by atoms with E-state index in [-0.39, 0.29) is 5.41 Å². The fraction of sp³-hybridized carbons (Fsp3) is 0.167. The monoisotopic (exact) mass is 939 g/mol. The number of hydrogen-bond acceptors (Lipinski definition) is 1. The summed E-state index contributed by atoms with van der Waals surface area (Å²) in [7, 11) is 0. The van der Waals surface area contributed by atoms with E-state index in [0.29, 0.717) is 17.8 Å². The van der Waals surface area contributed by atoms with Gasteiger partial charge in [-0.15, -0.1) is 0 Å². The number of anilines is 3. The lowest BCUT2D eigenvalue weighted by Gasteiger charge is -2.32. The average Bonchev–Trinajstić information content (AvgIpc) is 4.00. The van der Waals surface area contributed by atoms with Crippen LogP contribution in [0.15, 0.2) is 231 Å². The van der Waals surface area contributed by atoms with Crippen molar-refractivity contribution in [3.8, 4) is 66.8 Å². The highest BCUT2D eigenvalue weighted by Gasteiger charge is 2.52. The second-order valence-corrected chi connectivity index (χ2v) is 22.2. The Hall–Kier alpha value is -8.00. The topological polar surface area (TPSA) is 3.24 Å². The molecule has 1 heteroatoms. The van der Waals surface area contributed by atoms with Crippen molar-refractivity contribution in [2.45, 2.75) is 64.7 Å². The van der Waals surface area contributed by atoms with Crippen molar-refractivity contribution in [1.29, 1.82) is 0 Å². The maximum Gasteiger partial charge on any atom is 0.0726 e. The van der Waals surface area contributed by atoms with Crippen LogP contribution >= 0.6 is 0 Å². The first-order valence-corrected chi connectivity index (χ1v) is 26.5. The molecule has 73 heavy (non-hydrogen) atoms. The van der Waals surface area contributed by atoms with E-state index >= 15 is 0 Å². The van der Waals surface area contributed by atoms with Crippen molar-refractivity contribution in [3.05, 3.63) is 269 Å². The first-order valence-electron chi connectivity index (χ1n) is 26.5. The van der Waals surface area contributed by atoms with E-state index in [4.69, 9.17) is 0 Å². The lowest BCUT2D eigenvalue weighted by Crippen LogP contribution is -2.26. The molecule has 2 atom stereocenters. The van der Waals surface area contributed by atoms with Crippen molar-refractivity contribution in [3.63, 3.8) is 0 Å². The van der Waals surface area contributed by atoms with Crippen LogP contribution in [0.1, 0.15) is 92.8 Å². The Bertz CT molecular complexity index is 3710. The number of nitrogens with zero attached hydrogens (tertiary/aromatic N) is 1. The van der Waals surface area contributed by atoms with Gasteiger partial charge in [0.2, 0.25) is 0 Å². The Balaban J connectivity index is 0.957. The lowest BCUT2D eigenvalue weighted by atomic mass is 9.70. The van der Waals surface area contributed by atoms with Crippen molar-refractivity contribution >= 4 is 17.1 Å². The van der Waals surface area contributed by atoms with Gasteiger partial charge in [0.25, 0.3) is 0 Å². The molecule has 10 aromatic rings. The summed E-state index contributed by atoms with van der Waals surface area (Å²) in [6.07, 6.45) is 1.20. The van der Waals surface area contributed by atoms with Crippen LogP contribution in [0.3, 0.4) is 0 Å². The molecule has 0 aromatic heterocycles. The fourth-order valence-corrected chi connectivity index (χ4v) is 13.3. The molecule has 0 radical (unpaired) electrons. The van der Waals surface area contributed by atoms with Crippen LogP contribution in [0.25, 0.3) is 66.8 Å². The average molecular weight is 940 g/mol. The van der Waals surface area contributed by atoms with Crippen molar-refractivity contribution in [2.75, 3.05) is 4.90 Å². The number of fused-ring (bicyclic) bond motifs is 13. The Labute approximate surface area is 432 Å². The molecular weight excluding hydrogens is 879 g/mol. The minimum atomic E-state index is -0.517. The van der Waals surface area contributed by atoms with Crippen LogP contribution in [0.2, 0.25) is 0 Å². The molecule has 1 nitrogen and oxygen atoms in total. The van der Waals surface area contributed by atoms with Crippen LogP contribution in [0.5, 0.6) is 0 Å². The van der Waals surface area contributed by atoms with Crippen LogP contribution in [0, 0.1) is 11.8 Å². The highest BCUT2D eigenvalue weighted by molar-refractivity contribution is 5.97. The molecule has 0 aliphatic heterocycles. The van der Waals surface area contributed by atoms with E-state index in [0.717, 1.165) is 17.1 Å². The van der Waals surface area contributed by atoms with Gasteiger partial charge < -0.3 is 4.90 Å². The summed E-state index contributed by atoms with van der Waals surface area (Å²) < 4.78 is 0. The summed E-state index contributed by atoms with van der Waals surface area (Å²) in [6, 6.07) is 87.4. The minimum absolute atomic E-state index is 0.0255. The second kappa shape index (κ2) is 17.3. The first-order chi connectivity index (χ1) is 35.6. The molecule has 0 heterocycles. The third kappa shape index (κ3) is 7.11. The van der Waals surface area contributed by atoms with Crippen LogP contribution in [-0.2, 0) is 10.8 Å².